The quantitative estimate of drug-likeness (QED) is 0.630. The van der Waals surface area contributed by atoms with Crippen molar-refractivity contribution in [3.63, 3.8) is 0 Å². The number of hydrogen-bond acceptors (Lipinski definition) is 3. The molecule has 1 aromatic heterocycles. The summed E-state index contributed by atoms with van der Waals surface area (Å²) in [5.74, 6) is -0.0308. The molecule has 124 valence electrons. The highest BCUT2D eigenvalue weighted by atomic mass is 32.1. The Hall–Kier alpha value is -2.17. The molecule has 0 bridgehead atoms. The Morgan fingerprint density at radius 2 is 1.83 bits per heavy atom. The van der Waals surface area contributed by atoms with Gasteiger partial charge in [-0.25, -0.2) is 0 Å². The SMILES string of the molecule is CCCOCc1ccccc1CNC(=O)c1csc2ccccc12. The molecule has 0 saturated carbocycles. The molecule has 1 amide bonds. The molecule has 4 heteroatoms. The zero-order valence-corrected chi connectivity index (χ0v) is 14.6. The van der Waals surface area contributed by atoms with Crippen molar-refractivity contribution in [1.29, 1.82) is 0 Å². The minimum atomic E-state index is -0.0308. The van der Waals surface area contributed by atoms with Crippen LogP contribution in [0, 0.1) is 0 Å². The van der Waals surface area contributed by atoms with E-state index in [9.17, 15) is 4.79 Å². The van der Waals surface area contributed by atoms with Crippen LogP contribution in [0.15, 0.2) is 53.9 Å². The fraction of sp³-hybridized carbons (Fsp3) is 0.250. The number of fused-ring (bicyclic) bond motifs is 1. The van der Waals surface area contributed by atoms with Gasteiger partial charge < -0.3 is 10.1 Å². The zero-order valence-electron chi connectivity index (χ0n) is 13.7. The van der Waals surface area contributed by atoms with E-state index in [-0.39, 0.29) is 5.91 Å². The summed E-state index contributed by atoms with van der Waals surface area (Å²) in [5.41, 5.74) is 2.97. The second kappa shape index (κ2) is 8.08. The molecule has 0 aliphatic carbocycles. The maximum Gasteiger partial charge on any atom is 0.253 e. The maximum atomic E-state index is 12.5. The summed E-state index contributed by atoms with van der Waals surface area (Å²) in [7, 11) is 0. The first-order valence-corrected chi connectivity index (χ1v) is 9.06. The number of thiophene rings is 1. The van der Waals surface area contributed by atoms with Gasteiger partial charge in [0.15, 0.2) is 0 Å². The van der Waals surface area contributed by atoms with E-state index in [4.69, 9.17) is 4.74 Å². The Kier molecular flexibility index (Phi) is 5.62. The topological polar surface area (TPSA) is 38.3 Å². The van der Waals surface area contributed by atoms with Crippen LogP contribution in [0.5, 0.6) is 0 Å². The number of carbonyl (C=O) groups excluding carboxylic acids is 1. The summed E-state index contributed by atoms with van der Waals surface area (Å²) in [6.07, 6.45) is 1.00. The Balaban J connectivity index is 1.68. The number of amides is 1. The maximum absolute atomic E-state index is 12.5. The van der Waals surface area contributed by atoms with Crippen LogP contribution in [-0.4, -0.2) is 12.5 Å². The van der Waals surface area contributed by atoms with Gasteiger partial charge in [-0.3, -0.25) is 4.79 Å². The molecule has 0 radical (unpaired) electrons. The van der Waals surface area contributed by atoms with Crippen molar-refractivity contribution in [3.8, 4) is 0 Å². The van der Waals surface area contributed by atoms with Crippen molar-refractivity contribution in [2.45, 2.75) is 26.5 Å². The molecule has 1 heterocycles. The van der Waals surface area contributed by atoms with Crippen LogP contribution in [0.3, 0.4) is 0 Å². The Labute approximate surface area is 146 Å². The number of benzene rings is 2. The highest BCUT2D eigenvalue weighted by molar-refractivity contribution is 7.17. The molecule has 0 saturated heterocycles. The summed E-state index contributed by atoms with van der Waals surface area (Å²) in [4.78, 5) is 12.5. The van der Waals surface area contributed by atoms with Gasteiger partial charge in [-0.1, -0.05) is 49.4 Å². The first kappa shape index (κ1) is 16.7. The smallest absolute Gasteiger partial charge is 0.253 e. The molecular weight excluding hydrogens is 318 g/mol. The third-order valence-electron chi connectivity index (χ3n) is 3.89. The molecule has 0 aliphatic heterocycles. The number of carbonyl (C=O) groups is 1. The first-order valence-electron chi connectivity index (χ1n) is 8.18. The molecule has 2 aromatic carbocycles. The van der Waals surface area contributed by atoms with Crippen LogP contribution in [0.25, 0.3) is 10.1 Å². The van der Waals surface area contributed by atoms with E-state index in [0.717, 1.165) is 39.8 Å². The zero-order chi connectivity index (χ0) is 16.8. The largest absolute Gasteiger partial charge is 0.377 e. The highest BCUT2D eigenvalue weighted by Crippen LogP contribution is 2.25. The second-order valence-corrected chi connectivity index (χ2v) is 6.56. The fourth-order valence-electron chi connectivity index (χ4n) is 2.62. The van der Waals surface area contributed by atoms with E-state index >= 15 is 0 Å². The van der Waals surface area contributed by atoms with E-state index < -0.39 is 0 Å². The molecule has 0 unspecified atom stereocenters. The third-order valence-corrected chi connectivity index (χ3v) is 4.85. The Morgan fingerprint density at radius 3 is 2.67 bits per heavy atom. The molecular formula is C20H21NO2S. The van der Waals surface area contributed by atoms with Crippen LogP contribution in [0.4, 0.5) is 0 Å². The highest BCUT2D eigenvalue weighted by Gasteiger charge is 2.12. The number of ether oxygens (including phenoxy) is 1. The van der Waals surface area contributed by atoms with Crippen molar-refractivity contribution in [1.82, 2.24) is 5.32 Å². The lowest BCUT2D eigenvalue weighted by Gasteiger charge is -2.11. The van der Waals surface area contributed by atoms with Crippen molar-refractivity contribution < 1.29 is 9.53 Å². The standard InChI is InChI=1S/C20H21NO2S/c1-2-11-23-13-16-8-4-3-7-15(16)12-21-20(22)18-14-24-19-10-6-5-9-17(18)19/h3-10,14H,2,11-13H2,1H3,(H,21,22). The third kappa shape index (κ3) is 3.83. The van der Waals surface area contributed by atoms with E-state index in [2.05, 4.69) is 18.3 Å². The van der Waals surface area contributed by atoms with Crippen molar-refractivity contribution in [3.05, 3.63) is 70.6 Å². The lowest BCUT2D eigenvalue weighted by molar-refractivity contribution is 0.0951. The van der Waals surface area contributed by atoms with Gasteiger partial charge in [-0.05, 0) is 23.6 Å². The molecule has 0 atom stereocenters. The monoisotopic (exact) mass is 339 g/mol. The number of nitrogens with one attached hydrogen (secondary N) is 1. The predicted molar refractivity (Wildman–Crippen MR) is 99.4 cm³/mol. The minimum Gasteiger partial charge on any atom is -0.377 e. The fourth-order valence-corrected chi connectivity index (χ4v) is 3.56. The molecule has 24 heavy (non-hydrogen) atoms. The summed E-state index contributed by atoms with van der Waals surface area (Å²) in [6, 6.07) is 16.1. The molecule has 3 nitrogen and oxygen atoms in total. The minimum absolute atomic E-state index is 0.0308. The number of rotatable bonds is 7. The molecule has 0 aliphatic rings. The van der Waals surface area contributed by atoms with Gasteiger partial charge in [0.2, 0.25) is 0 Å². The van der Waals surface area contributed by atoms with E-state index in [1.54, 1.807) is 11.3 Å². The van der Waals surface area contributed by atoms with Crippen LogP contribution >= 0.6 is 11.3 Å². The van der Waals surface area contributed by atoms with Gasteiger partial charge in [0, 0.05) is 28.6 Å². The van der Waals surface area contributed by atoms with Crippen molar-refractivity contribution >= 4 is 27.3 Å². The summed E-state index contributed by atoms with van der Waals surface area (Å²) < 4.78 is 6.77. The molecule has 0 fully saturated rings. The van der Waals surface area contributed by atoms with E-state index in [0.29, 0.717) is 13.2 Å². The van der Waals surface area contributed by atoms with Crippen LogP contribution in [0.1, 0.15) is 34.8 Å². The summed E-state index contributed by atoms with van der Waals surface area (Å²) in [5, 5.41) is 5.98. The van der Waals surface area contributed by atoms with E-state index in [1.807, 2.05) is 47.8 Å². The van der Waals surface area contributed by atoms with Gasteiger partial charge in [0.05, 0.1) is 12.2 Å². The Morgan fingerprint density at radius 1 is 1.08 bits per heavy atom. The van der Waals surface area contributed by atoms with Gasteiger partial charge in [0.25, 0.3) is 5.91 Å². The summed E-state index contributed by atoms with van der Waals surface area (Å²) in [6.45, 7) is 3.94. The lowest BCUT2D eigenvalue weighted by atomic mass is 10.1. The van der Waals surface area contributed by atoms with Crippen LogP contribution < -0.4 is 5.32 Å². The van der Waals surface area contributed by atoms with Gasteiger partial charge in [-0.2, -0.15) is 0 Å². The Bertz CT molecular complexity index is 825. The molecule has 3 aromatic rings. The second-order valence-electron chi connectivity index (χ2n) is 5.65. The molecule has 0 spiro atoms. The van der Waals surface area contributed by atoms with E-state index in [1.165, 1.54) is 0 Å². The van der Waals surface area contributed by atoms with Gasteiger partial charge in [-0.15, -0.1) is 11.3 Å². The molecule has 3 rings (SSSR count). The van der Waals surface area contributed by atoms with Crippen LogP contribution in [0.2, 0.25) is 0 Å². The average Bonchev–Trinajstić information content (AvgIpc) is 3.05. The number of hydrogen-bond donors (Lipinski definition) is 1. The lowest BCUT2D eigenvalue weighted by Crippen LogP contribution is -2.23. The normalized spacial score (nSPS) is 10.9. The molecule has 1 N–H and O–H groups in total. The predicted octanol–water partition coefficient (Wildman–Crippen LogP) is 4.76. The van der Waals surface area contributed by atoms with Crippen LogP contribution in [-0.2, 0) is 17.9 Å². The average molecular weight is 339 g/mol. The van der Waals surface area contributed by atoms with Crippen molar-refractivity contribution in [2.75, 3.05) is 6.61 Å². The van der Waals surface area contributed by atoms with Gasteiger partial charge in [0.1, 0.15) is 0 Å². The van der Waals surface area contributed by atoms with Gasteiger partial charge >= 0.3 is 0 Å². The van der Waals surface area contributed by atoms with Crippen molar-refractivity contribution in [2.24, 2.45) is 0 Å². The first-order chi connectivity index (χ1) is 11.8. The summed E-state index contributed by atoms with van der Waals surface area (Å²) >= 11 is 1.60.